The number of nitrogens with zero attached hydrogens (tertiary/aromatic N) is 4. The van der Waals surface area contributed by atoms with E-state index >= 15 is 0 Å². The SMILES string of the molecule is O=C(c1ccc(F)cc1)N1CCN(c2cc(Oc3ccc(Cl)cc3F)ncn2)CC1. The van der Waals surface area contributed by atoms with Gasteiger partial charge in [0, 0.05) is 42.8 Å². The number of hydrogen-bond acceptors (Lipinski definition) is 5. The number of halogens is 3. The molecule has 6 nitrogen and oxygen atoms in total. The number of amides is 1. The molecule has 0 N–H and O–H groups in total. The van der Waals surface area contributed by atoms with Gasteiger partial charge in [-0.3, -0.25) is 4.79 Å². The Morgan fingerprint density at radius 1 is 0.967 bits per heavy atom. The molecule has 0 bridgehead atoms. The highest BCUT2D eigenvalue weighted by molar-refractivity contribution is 6.30. The molecular formula is C21H17ClF2N4O2. The molecule has 1 saturated heterocycles. The van der Waals surface area contributed by atoms with Crippen molar-refractivity contribution in [2.24, 2.45) is 0 Å². The van der Waals surface area contributed by atoms with Crippen molar-refractivity contribution in [3.05, 3.63) is 77.1 Å². The number of hydrogen-bond donors (Lipinski definition) is 0. The van der Waals surface area contributed by atoms with Crippen LogP contribution in [0.1, 0.15) is 10.4 Å². The van der Waals surface area contributed by atoms with E-state index in [0.29, 0.717) is 37.6 Å². The number of benzene rings is 2. The van der Waals surface area contributed by atoms with Crippen molar-refractivity contribution in [2.75, 3.05) is 31.1 Å². The Morgan fingerprint density at radius 2 is 1.70 bits per heavy atom. The van der Waals surface area contributed by atoms with E-state index in [2.05, 4.69) is 9.97 Å². The Morgan fingerprint density at radius 3 is 2.40 bits per heavy atom. The number of piperazine rings is 1. The lowest BCUT2D eigenvalue weighted by molar-refractivity contribution is 0.0746. The maximum Gasteiger partial charge on any atom is 0.253 e. The minimum Gasteiger partial charge on any atom is -0.436 e. The topological polar surface area (TPSA) is 58.6 Å². The molecule has 1 fully saturated rings. The highest BCUT2D eigenvalue weighted by atomic mass is 35.5. The second kappa shape index (κ2) is 8.62. The smallest absolute Gasteiger partial charge is 0.253 e. The van der Waals surface area contributed by atoms with Crippen molar-refractivity contribution in [2.45, 2.75) is 0 Å². The molecule has 1 aliphatic heterocycles. The average molecular weight is 431 g/mol. The number of carbonyl (C=O) groups excluding carboxylic acids is 1. The lowest BCUT2D eigenvalue weighted by Crippen LogP contribution is -2.49. The van der Waals surface area contributed by atoms with Gasteiger partial charge < -0.3 is 14.5 Å². The molecule has 0 unspecified atom stereocenters. The average Bonchev–Trinajstić information content (AvgIpc) is 2.76. The van der Waals surface area contributed by atoms with Crippen LogP contribution in [0.5, 0.6) is 11.6 Å². The Balaban J connectivity index is 1.40. The van der Waals surface area contributed by atoms with E-state index in [1.807, 2.05) is 4.90 Å². The lowest BCUT2D eigenvalue weighted by atomic mass is 10.2. The van der Waals surface area contributed by atoms with Gasteiger partial charge in [-0.05, 0) is 42.5 Å². The molecule has 154 valence electrons. The molecular weight excluding hydrogens is 414 g/mol. The second-order valence-electron chi connectivity index (χ2n) is 6.68. The highest BCUT2D eigenvalue weighted by Gasteiger charge is 2.23. The molecule has 3 aromatic rings. The monoisotopic (exact) mass is 430 g/mol. The molecule has 1 aromatic heterocycles. The zero-order valence-corrected chi connectivity index (χ0v) is 16.5. The van der Waals surface area contributed by atoms with Gasteiger partial charge in [0.1, 0.15) is 18.0 Å². The molecule has 0 radical (unpaired) electrons. The number of aromatic nitrogens is 2. The van der Waals surface area contributed by atoms with Gasteiger partial charge in [0.05, 0.1) is 0 Å². The van der Waals surface area contributed by atoms with Crippen molar-refractivity contribution in [3.8, 4) is 11.6 Å². The van der Waals surface area contributed by atoms with Gasteiger partial charge in [-0.25, -0.2) is 18.7 Å². The summed E-state index contributed by atoms with van der Waals surface area (Å²) in [5.41, 5.74) is 0.451. The molecule has 0 saturated carbocycles. The Bertz CT molecular complexity index is 1060. The van der Waals surface area contributed by atoms with Crippen LogP contribution in [0.3, 0.4) is 0 Å². The minimum atomic E-state index is -0.587. The Hall–Kier alpha value is -3.26. The van der Waals surface area contributed by atoms with Crippen molar-refractivity contribution in [1.29, 1.82) is 0 Å². The van der Waals surface area contributed by atoms with Gasteiger partial charge in [-0.2, -0.15) is 0 Å². The van der Waals surface area contributed by atoms with Crippen LogP contribution < -0.4 is 9.64 Å². The fourth-order valence-corrected chi connectivity index (χ4v) is 3.30. The lowest BCUT2D eigenvalue weighted by Gasteiger charge is -2.35. The first kappa shape index (κ1) is 20.0. The van der Waals surface area contributed by atoms with E-state index in [1.165, 1.54) is 42.7 Å². The van der Waals surface area contributed by atoms with Crippen LogP contribution in [-0.4, -0.2) is 47.0 Å². The van der Waals surface area contributed by atoms with Crippen molar-refractivity contribution in [3.63, 3.8) is 0 Å². The normalized spacial score (nSPS) is 14.0. The first-order chi connectivity index (χ1) is 14.5. The van der Waals surface area contributed by atoms with Gasteiger partial charge in [0.25, 0.3) is 5.91 Å². The molecule has 2 aromatic carbocycles. The van der Waals surface area contributed by atoms with Crippen molar-refractivity contribution >= 4 is 23.3 Å². The summed E-state index contributed by atoms with van der Waals surface area (Å²) in [6, 6.07) is 11.2. The predicted octanol–water partition coefficient (Wildman–Crippen LogP) is 4.16. The first-order valence-electron chi connectivity index (χ1n) is 9.24. The van der Waals surface area contributed by atoms with E-state index in [1.54, 1.807) is 11.0 Å². The van der Waals surface area contributed by atoms with Gasteiger partial charge in [0.15, 0.2) is 11.6 Å². The summed E-state index contributed by atoms with van der Waals surface area (Å²) in [4.78, 5) is 24.5. The number of ether oxygens (including phenoxy) is 1. The first-order valence-corrected chi connectivity index (χ1v) is 9.62. The van der Waals surface area contributed by atoms with Crippen LogP contribution in [0.15, 0.2) is 54.9 Å². The van der Waals surface area contributed by atoms with E-state index in [9.17, 15) is 13.6 Å². The third kappa shape index (κ3) is 4.49. The van der Waals surface area contributed by atoms with E-state index < -0.39 is 5.82 Å². The maximum atomic E-state index is 14.0. The molecule has 0 atom stereocenters. The summed E-state index contributed by atoms with van der Waals surface area (Å²) in [5.74, 6) is -0.278. The minimum absolute atomic E-state index is 0.0127. The molecule has 2 heterocycles. The van der Waals surface area contributed by atoms with Crippen LogP contribution >= 0.6 is 11.6 Å². The summed E-state index contributed by atoms with van der Waals surface area (Å²) < 4.78 is 32.5. The van der Waals surface area contributed by atoms with E-state index in [4.69, 9.17) is 16.3 Å². The van der Waals surface area contributed by atoms with Crippen LogP contribution in [0.4, 0.5) is 14.6 Å². The Kier molecular flexibility index (Phi) is 5.76. The maximum absolute atomic E-state index is 14.0. The molecule has 4 rings (SSSR count). The molecule has 1 amide bonds. The largest absolute Gasteiger partial charge is 0.436 e. The van der Waals surface area contributed by atoms with Gasteiger partial charge in [-0.15, -0.1) is 0 Å². The standard InChI is InChI=1S/C21H17ClF2N4O2/c22-15-3-6-18(17(24)11-15)30-20-12-19(25-13-26-20)27-7-9-28(10-8-27)21(29)14-1-4-16(23)5-2-14/h1-6,11-13H,7-10H2. The van der Waals surface area contributed by atoms with Crippen molar-refractivity contribution in [1.82, 2.24) is 14.9 Å². The van der Waals surface area contributed by atoms with E-state index in [-0.39, 0.29) is 28.4 Å². The molecule has 1 aliphatic rings. The number of carbonyl (C=O) groups is 1. The number of anilines is 1. The van der Waals surface area contributed by atoms with Crippen LogP contribution in [0, 0.1) is 11.6 Å². The fraction of sp³-hybridized carbons (Fsp3) is 0.190. The van der Waals surface area contributed by atoms with Crippen molar-refractivity contribution < 1.29 is 18.3 Å². The molecule has 0 aliphatic carbocycles. The molecule has 30 heavy (non-hydrogen) atoms. The second-order valence-corrected chi connectivity index (χ2v) is 7.11. The zero-order chi connectivity index (χ0) is 21.1. The highest BCUT2D eigenvalue weighted by Crippen LogP contribution is 2.27. The van der Waals surface area contributed by atoms with E-state index in [0.717, 1.165) is 6.07 Å². The van der Waals surface area contributed by atoms with Gasteiger partial charge in [0.2, 0.25) is 5.88 Å². The predicted molar refractivity (Wildman–Crippen MR) is 108 cm³/mol. The summed E-state index contributed by atoms with van der Waals surface area (Å²) in [6.07, 6.45) is 1.34. The summed E-state index contributed by atoms with van der Waals surface area (Å²) >= 11 is 5.75. The Labute approximate surface area is 176 Å². The summed E-state index contributed by atoms with van der Waals surface area (Å²) in [6.45, 7) is 2.09. The number of rotatable bonds is 4. The van der Waals surface area contributed by atoms with Crippen LogP contribution in [0.25, 0.3) is 0 Å². The molecule has 0 spiro atoms. The quantitative estimate of drug-likeness (QED) is 0.622. The van der Waals surface area contributed by atoms with Gasteiger partial charge in [-0.1, -0.05) is 11.6 Å². The van der Waals surface area contributed by atoms with Crippen LogP contribution in [0.2, 0.25) is 5.02 Å². The summed E-state index contributed by atoms with van der Waals surface area (Å²) in [5, 5.41) is 0.274. The van der Waals surface area contributed by atoms with Gasteiger partial charge >= 0.3 is 0 Å². The fourth-order valence-electron chi connectivity index (χ4n) is 3.14. The third-order valence-corrected chi connectivity index (χ3v) is 4.95. The third-order valence-electron chi connectivity index (χ3n) is 4.72. The summed E-state index contributed by atoms with van der Waals surface area (Å²) in [7, 11) is 0. The van der Waals surface area contributed by atoms with Crippen LogP contribution in [-0.2, 0) is 0 Å². The zero-order valence-electron chi connectivity index (χ0n) is 15.8. The molecule has 9 heteroatoms.